The number of anilines is 1. The van der Waals surface area contributed by atoms with Gasteiger partial charge in [-0.05, 0) is 30.5 Å². The molecule has 1 aromatic carbocycles. The van der Waals surface area contributed by atoms with Gasteiger partial charge in [-0.15, -0.1) is 0 Å². The Hall–Kier alpha value is -2.63. The highest BCUT2D eigenvalue weighted by atomic mass is 16.1. The molecule has 1 aromatic heterocycles. The van der Waals surface area contributed by atoms with Crippen molar-refractivity contribution in [1.82, 2.24) is 9.78 Å². The van der Waals surface area contributed by atoms with Crippen LogP contribution >= 0.6 is 0 Å². The van der Waals surface area contributed by atoms with Crippen molar-refractivity contribution in [2.75, 3.05) is 5.32 Å². The normalized spacial score (nSPS) is 13.9. The molecule has 6 nitrogen and oxygen atoms in total. The van der Waals surface area contributed by atoms with E-state index in [1.807, 2.05) is 6.07 Å². The first kappa shape index (κ1) is 13.4. The second-order valence-corrected chi connectivity index (χ2v) is 5.22. The molecule has 108 valence electrons. The van der Waals surface area contributed by atoms with Gasteiger partial charge in [0.15, 0.2) is 0 Å². The third-order valence-electron chi connectivity index (χ3n) is 3.36. The largest absolute Gasteiger partial charge is 0.381 e. The number of hydrogen-bond donors (Lipinski definition) is 2. The Morgan fingerprint density at radius 3 is 2.86 bits per heavy atom. The van der Waals surface area contributed by atoms with Crippen molar-refractivity contribution in [1.29, 1.82) is 0 Å². The lowest BCUT2D eigenvalue weighted by Crippen LogP contribution is -2.23. The Morgan fingerprint density at radius 1 is 1.38 bits per heavy atom. The van der Waals surface area contributed by atoms with Crippen molar-refractivity contribution < 1.29 is 4.79 Å². The van der Waals surface area contributed by atoms with Gasteiger partial charge in [-0.1, -0.05) is 12.1 Å². The number of nitrogens with zero attached hydrogens (tertiary/aromatic N) is 2. The van der Waals surface area contributed by atoms with E-state index in [0.29, 0.717) is 18.2 Å². The maximum atomic E-state index is 12.0. The van der Waals surface area contributed by atoms with E-state index >= 15 is 0 Å². The van der Waals surface area contributed by atoms with Crippen LogP contribution in [-0.2, 0) is 6.54 Å². The van der Waals surface area contributed by atoms with Crippen molar-refractivity contribution in [3.8, 4) is 0 Å². The third-order valence-corrected chi connectivity index (χ3v) is 3.36. The van der Waals surface area contributed by atoms with Crippen LogP contribution in [0.5, 0.6) is 0 Å². The molecule has 6 heteroatoms. The molecular weight excluding hydrogens is 268 g/mol. The first-order chi connectivity index (χ1) is 10.1. The van der Waals surface area contributed by atoms with E-state index < -0.39 is 5.91 Å². The molecule has 0 aliphatic heterocycles. The standard InChI is InChI=1S/C15H16N4O2/c16-15(21)11-3-1-2-10(6-11)9-19-14(20)7-13(8-17-19)18-12-4-5-12/h1-3,6-8,12,18H,4-5,9H2,(H2,16,21). The number of carbonyl (C=O) groups excluding carboxylic acids is 1. The van der Waals surface area contributed by atoms with E-state index in [1.54, 1.807) is 30.5 Å². The Balaban J connectivity index is 1.79. The molecule has 0 radical (unpaired) electrons. The summed E-state index contributed by atoms with van der Waals surface area (Å²) in [5.74, 6) is -0.485. The van der Waals surface area contributed by atoms with Crippen molar-refractivity contribution in [3.63, 3.8) is 0 Å². The number of nitrogens with one attached hydrogen (secondary N) is 1. The van der Waals surface area contributed by atoms with Crippen molar-refractivity contribution >= 4 is 11.6 Å². The van der Waals surface area contributed by atoms with E-state index in [9.17, 15) is 9.59 Å². The van der Waals surface area contributed by atoms with Gasteiger partial charge in [0.2, 0.25) is 5.91 Å². The molecule has 0 atom stereocenters. The predicted octanol–water partition coefficient (Wildman–Crippen LogP) is 0.965. The van der Waals surface area contributed by atoms with E-state index in [4.69, 9.17) is 5.73 Å². The second kappa shape index (κ2) is 5.40. The van der Waals surface area contributed by atoms with Crippen LogP contribution in [0.1, 0.15) is 28.8 Å². The quantitative estimate of drug-likeness (QED) is 0.856. The first-order valence-corrected chi connectivity index (χ1v) is 6.84. The average molecular weight is 284 g/mol. The molecule has 1 fully saturated rings. The summed E-state index contributed by atoms with van der Waals surface area (Å²) in [6.45, 7) is 0.309. The topological polar surface area (TPSA) is 90.0 Å². The van der Waals surface area contributed by atoms with Gasteiger partial charge in [-0.2, -0.15) is 5.10 Å². The summed E-state index contributed by atoms with van der Waals surface area (Å²) < 4.78 is 1.36. The van der Waals surface area contributed by atoms with Crippen LogP contribution in [0.4, 0.5) is 5.69 Å². The molecule has 1 aliphatic rings. The van der Waals surface area contributed by atoms with E-state index in [0.717, 1.165) is 24.1 Å². The number of nitrogens with two attached hydrogens (primary N) is 1. The lowest BCUT2D eigenvalue weighted by atomic mass is 10.1. The smallest absolute Gasteiger partial charge is 0.269 e. The van der Waals surface area contributed by atoms with Crippen LogP contribution in [0.2, 0.25) is 0 Å². The van der Waals surface area contributed by atoms with Crippen molar-refractivity contribution in [2.45, 2.75) is 25.4 Å². The molecule has 1 saturated carbocycles. The van der Waals surface area contributed by atoms with Crippen LogP contribution in [0.25, 0.3) is 0 Å². The molecule has 2 aromatic rings. The van der Waals surface area contributed by atoms with Gasteiger partial charge in [0.25, 0.3) is 5.56 Å². The van der Waals surface area contributed by atoms with Crippen LogP contribution in [0.15, 0.2) is 41.3 Å². The van der Waals surface area contributed by atoms with Gasteiger partial charge in [-0.25, -0.2) is 4.68 Å². The Kier molecular flexibility index (Phi) is 3.43. The lowest BCUT2D eigenvalue weighted by Gasteiger charge is -2.08. The zero-order valence-corrected chi connectivity index (χ0v) is 11.5. The number of carbonyl (C=O) groups is 1. The second-order valence-electron chi connectivity index (χ2n) is 5.22. The van der Waals surface area contributed by atoms with Crippen molar-refractivity contribution in [3.05, 3.63) is 58.0 Å². The molecule has 1 aliphatic carbocycles. The van der Waals surface area contributed by atoms with Gasteiger partial charge in [0.1, 0.15) is 0 Å². The van der Waals surface area contributed by atoms with Gasteiger partial charge in [-0.3, -0.25) is 9.59 Å². The van der Waals surface area contributed by atoms with Gasteiger partial charge >= 0.3 is 0 Å². The fraction of sp³-hybridized carbons (Fsp3) is 0.267. The number of rotatable bonds is 5. The summed E-state index contributed by atoms with van der Waals surface area (Å²) in [4.78, 5) is 23.2. The highest BCUT2D eigenvalue weighted by molar-refractivity contribution is 5.92. The molecule has 1 amide bonds. The first-order valence-electron chi connectivity index (χ1n) is 6.84. The minimum Gasteiger partial charge on any atom is -0.381 e. The molecule has 0 saturated heterocycles. The van der Waals surface area contributed by atoms with Crippen molar-refractivity contribution in [2.24, 2.45) is 5.73 Å². The Bertz CT molecular complexity index is 734. The zero-order chi connectivity index (χ0) is 14.8. The molecule has 0 bridgehead atoms. The maximum absolute atomic E-state index is 12.0. The van der Waals surface area contributed by atoms with Gasteiger partial charge < -0.3 is 11.1 Å². The minimum atomic E-state index is -0.485. The summed E-state index contributed by atoms with van der Waals surface area (Å²) in [6.07, 6.45) is 3.93. The monoisotopic (exact) mass is 284 g/mol. The Morgan fingerprint density at radius 2 is 2.19 bits per heavy atom. The van der Waals surface area contributed by atoms with Crippen LogP contribution < -0.4 is 16.6 Å². The van der Waals surface area contributed by atoms with Crippen LogP contribution in [0, 0.1) is 0 Å². The average Bonchev–Trinajstić information content (AvgIpc) is 3.26. The Labute approximate surface area is 121 Å². The molecule has 3 N–H and O–H groups in total. The predicted molar refractivity (Wildman–Crippen MR) is 79.2 cm³/mol. The highest BCUT2D eigenvalue weighted by Crippen LogP contribution is 2.23. The zero-order valence-electron chi connectivity index (χ0n) is 11.5. The number of aromatic nitrogens is 2. The SMILES string of the molecule is NC(=O)c1cccc(Cn2ncc(NC3CC3)cc2=O)c1. The van der Waals surface area contributed by atoms with E-state index in [2.05, 4.69) is 10.4 Å². The van der Waals surface area contributed by atoms with Crippen LogP contribution in [-0.4, -0.2) is 21.7 Å². The third kappa shape index (κ3) is 3.28. The van der Waals surface area contributed by atoms with Gasteiger partial charge in [0, 0.05) is 17.7 Å². The molecule has 0 spiro atoms. The number of benzene rings is 1. The summed E-state index contributed by atoms with van der Waals surface area (Å²) >= 11 is 0. The minimum absolute atomic E-state index is 0.176. The number of amides is 1. The molecule has 1 heterocycles. The lowest BCUT2D eigenvalue weighted by molar-refractivity contribution is 0.1000. The molecule has 0 unspecified atom stereocenters. The molecule has 21 heavy (non-hydrogen) atoms. The number of hydrogen-bond acceptors (Lipinski definition) is 4. The molecular formula is C15H16N4O2. The number of primary amides is 1. The fourth-order valence-corrected chi connectivity index (χ4v) is 2.09. The van der Waals surface area contributed by atoms with Crippen LogP contribution in [0.3, 0.4) is 0 Å². The highest BCUT2D eigenvalue weighted by Gasteiger charge is 2.21. The fourth-order valence-electron chi connectivity index (χ4n) is 2.09. The summed E-state index contributed by atoms with van der Waals surface area (Å²) in [5.41, 5.74) is 7.06. The van der Waals surface area contributed by atoms with E-state index in [1.165, 1.54) is 4.68 Å². The maximum Gasteiger partial charge on any atom is 0.269 e. The van der Waals surface area contributed by atoms with E-state index in [-0.39, 0.29) is 5.56 Å². The summed E-state index contributed by atoms with van der Waals surface area (Å²) in [7, 11) is 0. The summed E-state index contributed by atoms with van der Waals surface area (Å²) in [6, 6.07) is 8.91. The summed E-state index contributed by atoms with van der Waals surface area (Å²) in [5, 5.41) is 7.39. The molecule has 3 rings (SSSR count). The van der Waals surface area contributed by atoms with Gasteiger partial charge in [0.05, 0.1) is 18.4 Å².